The van der Waals surface area contributed by atoms with Gasteiger partial charge >= 0.3 is 5.69 Å². The number of aromatic nitrogens is 4. The van der Waals surface area contributed by atoms with Crippen LogP contribution < -0.4 is 20.5 Å². The predicted octanol–water partition coefficient (Wildman–Crippen LogP) is 2.75. The number of benzene rings is 2. The van der Waals surface area contributed by atoms with Gasteiger partial charge in [0.25, 0.3) is 0 Å². The molecule has 3 heterocycles. The minimum absolute atomic E-state index is 0.0420. The molecule has 2 aromatic heterocycles. The fourth-order valence-corrected chi connectivity index (χ4v) is 4.06. The second-order valence-electron chi connectivity index (χ2n) is 7.15. The van der Waals surface area contributed by atoms with Gasteiger partial charge in [0.2, 0.25) is 12.7 Å². The van der Waals surface area contributed by atoms with Crippen molar-refractivity contribution in [3.05, 3.63) is 64.7 Å². The van der Waals surface area contributed by atoms with E-state index in [9.17, 15) is 14.4 Å². The number of ether oxygens (including phenoxy) is 2. The Morgan fingerprint density at radius 2 is 1.94 bits per heavy atom. The summed E-state index contributed by atoms with van der Waals surface area (Å²) in [5, 5.41) is 7.11. The van der Waals surface area contributed by atoms with Crippen LogP contribution in [-0.4, -0.2) is 43.8 Å². The van der Waals surface area contributed by atoms with E-state index < -0.39 is 5.69 Å². The molecular formula is C22H17N5O5S. The van der Waals surface area contributed by atoms with Crippen molar-refractivity contribution in [2.24, 2.45) is 0 Å². The number of nitrogens with one attached hydrogen (secondary N) is 2. The van der Waals surface area contributed by atoms with Crippen LogP contribution in [0.4, 0.5) is 5.69 Å². The molecule has 1 amide bonds. The van der Waals surface area contributed by atoms with Gasteiger partial charge in [-0.15, -0.1) is 0 Å². The van der Waals surface area contributed by atoms with Crippen LogP contribution in [0.15, 0.2) is 58.6 Å². The molecule has 1 aliphatic heterocycles. The van der Waals surface area contributed by atoms with Gasteiger partial charge in [-0.3, -0.25) is 14.6 Å². The Bertz CT molecular complexity index is 1450. The fraction of sp³-hybridized carbons (Fsp3) is 0.136. The highest BCUT2D eigenvalue weighted by molar-refractivity contribution is 7.99. The zero-order valence-corrected chi connectivity index (χ0v) is 18.1. The summed E-state index contributed by atoms with van der Waals surface area (Å²) in [6, 6.07) is 12.6. The first-order valence-corrected chi connectivity index (χ1v) is 10.9. The fourth-order valence-electron chi connectivity index (χ4n) is 3.41. The van der Waals surface area contributed by atoms with E-state index in [4.69, 9.17) is 9.47 Å². The van der Waals surface area contributed by atoms with Crippen LogP contribution in [0.3, 0.4) is 0 Å². The molecule has 0 spiro atoms. The van der Waals surface area contributed by atoms with Gasteiger partial charge in [-0.2, -0.15) is 9.61 Å². The van der Waals surface area contributed by atoms with Crippen LogP contribution in [-0.2, 0) is 4.79 Å². The monoisotopic (exact) mass is 463 g/mol. The second-order valence-corrected chi connectivity index (χ2v) is 8.11. The molecule has 0 saturated carbocycles. The first-order chi connectivity index (χ1) is 16.0. The molecule has 0 fully saturated rings. The normalized spacial score (nSPS) is 12.2. The third kappa shape index (κ3) is 4.05. The van der Waals surface area contributed by atoms with Crippen molar-refractivity contribution in [3.8, 4) is 22.6 Å². The maximum absolute atomic E-state index is 12.6. The zero-order chi connectivity index (χ0) is 22.9. The van der Waals surface area contributed by atoms with Crippen LogP contribution in [0.5, 0.6) is 11.5 Å². The third-order valence-corrected chi connectivity index (χ3v) is 5.82. The third-order valence-electron chi connectivity index (χ3n) is 4.95. The van der Waals surface area contributed by atoms with Gasteiger partial charge < -0.3 is 14.8 Å². The van der Waals surface area contributed by atoms with Crippen molar-refractivity contribution >= 4 is 34.8 Å². The largest absolute Gasteiger partial charge is 0.454 e. The highest BCUT2D eigenvalue weighted by Gasteiger charge is 2.21. The SMILES string of the molecule is CC(=O)c1cc2c(cc1NC(=O)CSc1nc3c(-c4ccccc4)cnn3c(=O)[nH]1)OCO2. The summed E-state index contributed by atoms with van der Waals surface area (Å²) in [6.45, 7) is 1.46. The molecule has 166 valence electrons. The number of aromatic amines is 1. The van der Waals surface area contributed by atoms with Crippen LogP contribution in [0.25, 0.3) is 16.8 Å². The molecule has 0 radical (unpaired) electrons. The smallest absolute Gasteiger partial charge is 0.350 e. The van der Waals surface area contributed by atoms with Gasteiger partial charge in [-0.1, -0.05) is 42.1 Å². The van der Waals surface area contributed by atoms with Crippen LogP contribution in [0, 0.1) is 0 Å². The number of hydrogen-bond acceptors (Lipinski definition) is 8. The molecule has 5 rings (SSSR count). The molecule has 0 saturated heterocycles. The lowest BCUT2D eigenvalue weighted by Crippen LogP contribution is -2.20. The lowest BCUT2D eigenvalue weighted by Gasteiger charge is -2.10. The molecule has 33 heavy (non-hydrogen) atoms. The average Bonchev–Trinajstić information content (AvgIpc) is 3.44. The Labute approximate surface area is 190 Å². The molecule has 1 aliphatic rings. The highest BCUT2D eigenvalue weighted by Crippen LogP contribution is 2.37. The molecule has 10 nitrogen and oxygen atoms in total. The summed E-state index contributed by atoms with van der Waals surface area (Å²) >= 11 is 1.06. The maximum atomic E-state index is 12.6. The quantitative estimate of drug-likeness (QED) is 0.330. The van der Waals surface area contributed by atoms with E-state index in [-0.39, 0.29) is 29.4 Å². The van der Waals surface area contributed by atoms with Crippen molar-refractivity contribution < 1.29 is 19.1 Å². The zero-order valence-electron chi connectivity index (χ0n) is 17.3. The number of fused-ring (bicyclic) bond motifs is 2. The van der Waals surface area contributed by atoms with Gasteiger partial charge in [0.1, 0.15) is 0 Å². The molecule has 11 heteroatoms. The Balaban J connectivity index is 1.36. The molecule has 4 aromatic rings. The van der Waals surface area contributed by atoms with Crippen LogP contribution in [0.2, 0.25) is 0 Å². The van der Waals surface area contributed by atoms with E-state index in [1.165, 1.54) is 11.4 Å². The number of amides is 1. The number of H-pyrrole nitrogens is 1. The first-order valence-electron chi connectivity index (χ1n) is 9.90. The number of carbonyl (C=O) groups excluding carboxylic acids is 2. The number of anilines is 1. The van der Waals surface area contributed by atoms with Crippen molar-refractivity contribution in [2.75, 3.05) is 17.9 Å². The minimum atomic E-state index is -0.459. The lowest BCUT2D eigenvalue weighted by molar-refractivity contribution is -0.113. The van der Waals surface area contributed by atoms with Gasteiger partial charge in [0, 0.05) is 17.2 Å². The number of thioether (sulfide) groups is 1. The summed E-state index contributed by atoms with van der Waals surface area (Å²) in [6.07, 6.45) is 1.58. The van der Waals surface area contributed by atoms with Gasteiger partial charge in [0.15, 0.2) is 28.1 Å². The highest BCUT2D eigenvalue weighted by atomic mass is 32.2. The maximum Gasteiger partial charge on any atom is 0.350 e. The van der Waals surface area contributed by atoms with Crippen molar-refractivity contribution in [1.82, 2.24) is 19.6 Å². The number of ketones is 1. The molecule has 0 bridgehead atoms. The summed E-state index contributed by atoms with van der Waals surface area (Å²) in [4.78, 5) is 44.1. The standard InChI is InChI=1S/C22H17N5O5S/c1-12(28)14-7-17-18(32-11-31-17)8-16(14)24-19(29)10-33-21-25-20-15(13-5-3-2-4-6-13)9-23-27(20)22(30)26-21/h2-9H,10-11H2,1H3,(H,24,29)(H,25,26,30). The molecule has 0 unspecified atom stereocenters. The lowest BCUT2D eigenvalue weighted by atomic mass is 10.1. The summed E-state index contributed by atoms with van der Waals surface area (Å²) < 4.78 is 11.8. The van der Waals surface area contributed by atoms with E-state index >= 15 is 0 Å². The number of rotatable bonds is 6. The van der Waals surface area contributed by atoms with Crippen LogP contribution >= 0.6 is 11.8 Å². The van der Waals surface area contributed by atoms with E-state index in [0.717, 1.165) is 17.3 Å². The summed E-state index contributed by atoms with van der Waals surface area (Å²) in [5.41, 5.74) is 2.16. The molecule has 2 N–H and O–H groups in total. The van der Waals surface area contributed by atoms with Crippen molar-refractivity contribution in [3.63, 3.8) is 0 Å². The molecule has 2 aromatic carbocycles. The molecule has 0 atom stereocenters. The van der Waals surface area contributed by atoms with Gasteiger partial charge in [0.05, 0.1) is 17.6 Å². The Morgan fingerprint density at radius 1 is 1.18 bits per heavy atom. The average molecular weight is 463 g/mol. The van der Waals surface area contributed by atoms with Gasteiger partial charge in [-0.25, -0.2) is 9.78 Å². The number of Topliss-reactive ketones (excluding diaryl/α,β-unsaturated/α-hetero) is 1. The topological polar surface area (TPSA) is 128 Å². The Kier molecular flexibility index (Phi) is 5.31. The van der Waals surface area contributed by atoms with E-state index in [1.54, 1.807) is 18.3 Å². The Morgan fingerprint density at radius 3 is 2.70 bits per heavy atom. The molecular weight excluding hydrogens is 446 g/mol. The van der Waals surface area contributed by atoms with Crippen molar-refractivity contribution in [2.45, 2.75) is 12.1 Å². The summed E-state index contributed by atoms with van der Waals surface area (Å²) in [7, 11) is 0. The van der Waals surface area contributed by atoms with Gasteiger partial charge in [-0.05, 0) is 18.6 Å². The van der Waals surface area contributed by atoms with Crippen molar-refractivity contribution in [1.29, 1.82) is 0 Å². The van der Waals surface area contributed by atoms with E-state index in [2.05, 4.69) is 20.4 Å². The minimum Gasteiger partial charge on any atom is -0.454 e. The molecule has 0 aliphatic carbocycles. The van der Waals surface area contributed by atoms with Crippen LogP contribution in [0.1, 0.15) is 17.3 Å². The number of hydrogen-bond donors (Lipinski definition) is 2. The predicted molar refractivity (Wildman–Crippen MR) is 121 cm³/mol. The number of carbonyl (C=O) groups is 2. The number of nitrogens with zero attached hydrogens (tertiary/aromatic N) is 3. The summed E-state index contributed by atoms with van der Waals surface area (Å²) in [5.74, 6) is 0.272. The Hall–Kier alpha value is -4.12. The van der Waals surface area contributed by atoms with E-state index in [1.807, 2.05) is 30.3 Å². The first kappa shape index (κ1) is 20.8. The van der Waals surface area contributed by atoms with E-state index in [0.29, 0.717) is 34.0 Å². The second kappa shape index (κ2) is 8.43.